The molecule has 0 unspecified atom stereocenters. The first kappa shape index (κ1) is 18.6. The molecule has 1 fully saturated rings. The number of morpholine rings is 1. The standard InChI is InChI=1S/C19H18ClNO4S/c1-23-17-12-13(18(26)21-7-9-24-10-8-21)5-6-16(17)25-19(22)14-3-2-4-15(20)11-14/h2-6,11-12H,7-10H2,1H3. The predicted octanol–water partition coefficient (Wildman–Crippen LogP) is 3.58. The van der Waals surface area contributed by atoms with Crippen LogP contribution in [-0.4, -0.2) is 49.3 Å². The maximum absolute atomic E-state index is 12.3. The molecule has 1 saturated heterocycles. The average molecular weight is 392 g/mol. The lowest BCUT2D eigenvalue weighted by Gasteiger charge is -2.29. The van der Waals surface area contributed by atoms with E-state index in [0.717, 1.165) is 23.6 Å². The third-order valence-electron chi connectivity index (χ3n) is 3.97. The van der Waals surface area contributed by atoms with Crippen LogP contribution < -0.4 is 9.47 Å². The number of esters is 1. The second-order valence-corrected chi connectivity index (χ2v) is 6.49. The third kappa shape index (κ3) is 4.33. The van der Waals surface area contributed by atoms with Crippen molar-refractivity contribution in [2.24, 2.45) is 0 Å². The summed E-state index contributed by atoms with van der Waals surface area (Å²) in [6.07, 6.45) is 0. The summed E-state index contributed by atoms with van der Waals surface area (Å²) in [5.41, 5.74) is 1.20. The van der Waals surface area contributed by atoms with E-state index in [0.29, 0.717) is 35.3 Å². The van der Waals surface area contributed by atoms with Crippen LogP contribution in [0.15, 0.2) is 42.5 Å². The van der Waals surface area contributed by atoms with Crippen LogP contribution >= 0.6 is 23.8 Å². The van der Waals surface area contributed by atoms with Gasteiger partial charge in [0.15, 0.2) is 11.5 Å². The molecule has 1 aliphatic rings. The molecule has 0 amide bonds. The van der Waals surface area contributed by atoms with E-state index in [-0.39, 0.29) is 0 Å². The molecule has 1 heterocycles. The SMILES string of the molecule is COc1cc(C(=S)N2CCOCC2)ccc1OC(=O)c1cccc(Cl)c1. The number of ether oxygens (including phenoxy) is 3. The number of hydrogen-bond acceptors (Lipinski definition) is 5. The zero-order valence-corrected chi connectivity index (χ0v) is 15.8. The number of methoxy groups -OCH3 is 1. The maximum Gasteiger partial charge on any atom is 0.343 e. The molecule has 1 aliphatic heterocycles. The Bertz CT molecular complexity index is 821. The van der Waals surface area contributed by atoms with Crippen molar-refractivity contribution in [2.45, 2.75) is 0 Å². The molecule has 0 radical (unpaired) electrons. The number of carbonyl (C=O) groups excluding carboxylic acids is 1. The summed E-state index contributed by atoms with van der Waals surface area (Å²) < 4.78 is 16.2. The van der Waals surface area contributed by atoms with E-state index in [1.54, 1.807) is 36.4 Å². The van der Waals surface area contributed by atoms with Gasteiger partial charge in [0.05, 0.1) is 25.9 Å². The fourth-order valence-electron chi connectivity index (χ4n) is 2.61. The van der Waals surface area contributed by atoms with E-state index in [4.69, 9.17) is 38.0 Å². The van der Waals surface area contributed by atoms with Crippen LogP contribution in [0.1, 0.15) is 15.9 Å². The van der Waals surface area contributed by atoms with Crippen molar-refractivity contribution < 1.29 is 19.0 Å². The van der Waals surface area contributed by atoms with Gasteiger partial charge in [-0.05, 0) is 36.4 Å². The summed E-state index contributed by atoms with van der Waals surface area (Å²) in [6, 6.07) is 11.9. The van der Waals surface area contributed by atoms with Crippen LogP contribution in [-0.2, 0) is 4.74 Å². The lowest BCUT2D eigenvalue weighted by Crippen LogP contribution is -2.40. The van der Waals surface area contributed by atoms with Crippen LogP contribution in [0.3, 0.4) is 0 Å². The molecule has 26 heavy (non-hydrogen) atoms. The summed E-state index contributed by atoms with van der Waals surface area (Å²) in [5, 5.41) is 0.470. The van der Waals surface area contributed by atoms with Gasteiger partial charge < -0.3 is 19.1 Å². The highest BCUT2D eigenvalue weighted by Crippen LogP contribution is 2.30. The highest BCUT2D eigenvalue weighted by Gasteiger charge is 2.18. The first-order valence-corrected chi connectivity index (χ1v) is 8.90. The van der Waals surface area contributed by atoms with E-state index >= 15 is 0 Å². The summed E-state index contributed by atoms with van der Waals surface area (Å²) in [7, 11) is 1.52. The van der Waals surface area contributed by atoms with E-state index in [2.05, 4.69) is 4.90 Å². The Morgan fingerprint density at radius 1 is 1.12 bits per heavy atom. The second-order valence-electron chi connectivity index (χ2n) is 5.67. The molecule has 136 valence electrons. The van der Waals surface area contributed by atoms with Gasteiger partial charge in [-0.2, -0.15) is 0 Å². The Labute approximate surface area is 162 Å². The van der Waals surface area contributed by atoms with Crippen molar-refractivity contribution in [2.75, 3.05) is 33.4 Å². The van der Waals surface area contributed by atoms with Crippen LogP contribution in [0.25, 0.3) is 0 Å². The molecule has 5 nitrogen and oxygen atoms in total. The predicted molar refractivity (Wildman–Crippen MR) is 103 cm³/mol. The molecule has 3 rings (SSSR count). The van der Waals surface area contributed by atoms with Gasteiger partial charge in [-0.15, -0.1) is 0 Å². The number of rotatable bonds is 4. The Kier molecular flexibility index (Phi) is 6.08. The summed E-state index contributed by atoms with van der Waals surface area (Å²) in [4.78, 5) is 15.1. The van der Waals surface area contributed by atoms with Gasteiger partial charge in [-0.1, -0.05) is 29.9 Å². The van der Waals surface area contributed by atoms with Crippen molar-refractivity contribution in [3.63, 3.8) is 0 Å². The fourth-order valence-corrected chi connectivity index (χ4v) is 3.11. The summed E-state index contributed by atoms with van der Waals surface area (Å²) in [5.74, 6) is 0.258. The molecule has 0 aromatic heterocycles. The minimum Gasteiger partial charge on any atom is -0.493 e. The fraction of sp³-hybridized carbons (Fsp3) is 0.263. The lowest BCUT2D eigenvalue weighted by molar-refractivity contribution is 0.0692. The molecule has 7 heteroatoms. The molecule has 0 aliphatic carbocycles. The first-order valence-electron chi connectivity index (χ1n) is 8.11. The lowest BCUT2D eigenvalue weighted by atomic mass is 10.1. The number of carbonyl (C=O) groups is 1. The molecular formula is C19H18ClNO4S. The Morgan fingerprint density at radius 2 is 1.88 bits per heavy atom. The quantitative estimate of drug-likeness (QED) is 0.451. The third-order valence-corrected chi connectivity index (χ3v) is 4.70. The van der Waals surface area contributed by atoms with Crippen LogP contribution in [0.5, 0.6) is 11.5 Å². The molecule has 0 spiro atoms. The molecule has 0 bridgehead atoms. The molecular weight excluding hydrogens is 374 g/mol. The van der Waals surface area contributed by atoms with Crippen molar-refractivity contribution in [1.82, 2.24) is 4.90 Å². The van der Waals surface area contributed by atoms with Gasteiger partial charge in [-0.25, -0.2) is 4.79 Å². The monoisotopic (exact) mass is 391 g/mol. The number of benzene rings is 2. The van der Waals surface area contributed by atoms with Gasteiger partial charge in [0.25, 0.3) is 0 Å². The van der Waals surface area contributed by atoms with Gasteiger partial charge in [0, 0.05) is 23.7 Å². The Morgan fingerprint density at radius 3 is 2.58 bits per heavy atom. The molecule has 2 aromatic rings. The highest BCUT2D eigenvalue weighted by molar-refractivity contribution is 7.80. The van der Waals surface area contributed by atoms with E-state index < -0.39 is 5.97 Å². The number of thiocarbonyl (C=S) groups is 1. The average Bonchev–Trinajstić information content (AvgIpc) is 2.68. The topological polar surface area (TPSA) is 48.0 Å². The number of nitrogens with zero attached hydrogens (tertiary/aromatic N) is 1. The van der Waals surface area contributed by atoms with E-state index in [1.165, 1.54) is 7.11 Å². The molecule has 0 saturated carbocycles. The zero-order chi connectivity index (χ0) is 18.5. The smallest absolute Gasteiger partial charge is 0.343 e. The Balaban J connectivity index is 1.78. The Hall–Kier alpha value is -2.15. The zero-order valence-electron chi connectivity index (χ0n) is 14.2. The van der Waals surface area contributed by atoms with Crippen LogP contribution in [0.4, 0.5) is 0 Å². The van der Waals surface area contributed by atoms with E-state index in [1.807, 2.05) is 6.07 Å². The minimum absolute atomic E-state index is 0.325. The number of hydrogen-bond donors (Lipinski definition) is 0. The minimum atomic E-state index is -0.505. The molecule has 0 atom stereocenters. The van der Waals surface area contributed by atoms with E-state index in [9.17, 15) is 4.79 Å². The highest BCUT2D eigenvalue weighted by atomic mass is 35.5. The van der Waals surface area contributed by atoms with Gasteiger partial charge in [-0.3, -0.25) is 0 Å². The van der Waals surface area contributed by atoms with Crippen molar-refractivity contribution in [3.05, 3.63) is 58.6 Å². The van der Waals surface area contributed by atoms with Crippen LogP contribution in [0.2, 0.25) is 5.02 Å². The summed E-state index contributed by atoms with van der Waals surface area (Å²) >= 11 is 11.5. The molecule has 2 aromatic carbocycles. The first-order chi connectivity index (χ1) is 12.6. The largest absolute Gasteiger partial charge is 0.493 e. The van der Waals surface area contributed by atoms with Gasteiger partial charge in [0.1, 0.15) is 4.99 Å². The molecule has 0 N–H and O–H groups in total. The van der Waals surface area contributed by atoms with Crippen LogP contribution in [0, 0.1) is 0 Å². The second kappa shape index (κ2) is 8.49. The van der Waals surface area contributed by atoms with Crippen molar-refractivity contribution >= 4 is 34.8 Å². The number of halogens is 1. The normalized spacial score (nSPS) is 14.0. The van der Waals surface area contributed by atoms with Gasteiger partial charge in [0.2, 0.25) is 0 Å². The van der Waals surface area contributed by atoms with Gasteiger partial charge >= 0.3 is 5.97 Å². The van der Waals surface area contributed by atoms with Crippen molar-refractivity contribution in [1.29, 1.82) is 0 Å². The summed E-state index contributed by atoms with van der Waals surface area (Å²) in [6.45, 7) is 2.83. The van der Waals surface area contributed by atoms with Crippen molar-refractivity contribution in [3.8, 4) is 11.5 Å². The maximum atomic E-state index is 12.3.